The summed E-state index contributed by atoms with van der Waals surface area (Å²) in [5.41, 5.74) is 0.253. The molecule has 2 rings (SSSR count). The van der Waals surface area contributed by atoms with Crippen LogP contribution in [0.5, 0.6) is 5.75 Å². The van der Waals surface area contributed by atoms with Gasteiger partial charge in [0, 0.05) is 12.0 Å². The maximum atomic E-state index is 13.1. The van der Waals surface area contributed by atoms with Gasteiger partial charge in [-0.05, 0) is 31.4 Å². The lowest BCUT2D eigenvalue weighted by atomic mass is 9.80. The van der Waals surface area contributed by atoms with Gasteiger partial charge in [-0.1, -0.05) is 6.42 Å². The minimum atomic E-state index is -4.27. The standard InChI is InChI=1S/C15H17F4NO2/c1-22-13-8-11(16)5-6-12(13)20-14(21)9-3-2-4-10(7-9)15(17,18)19/h5-6,8-10H,2-4,7H2,1H3,(H,20,21). The van der Waals surface area contributed by atoms with E-state index >= 15 is 0 Å². The third kappa shape index (κ3) is 3.90. The lowest BCUT2D eigenvalue weighted by Crippen LogP contribution is -2.34. The second kappa shape index (κ2) is 6.54. The van der Waals surface area contributed by atoms with E-state index in [1.54, 1.807) is 0 Å². The largest absolute Gasteiger partial charge is 0.494 e. The molecule has 0 bridgehead atoms. The molecule has 0 heterocycles. The van der Waals surface area contributed by atoms with Gasteiger partial charge in [0.1, 0.15) is 11.6 Å². The first-order chi connectivity index (χ1) is 10.3. The van der Waals surface area contributed by atoms with E-state index in [1.165, 1.54) is 13.2 Å². The van der Waals surface area contributed by atoms with Crippen LogP contribution in [0.25, 0.3) is 0 Å². The van der Waals surface area contributed by atoms with Gasteiger partial charge in [0.2, 0.25) is 5.91 Å². The number of carbonyl (C=O) groups is 1. The number of ether oxygens (including phenoxy) is 1. The van der Waals surface area contributed by atoms with Crippen LogP contribution in [0.15, 0.2) is 18.2 Å². The molecule has 0 spiro atoms. The Morgan fingerprint density at radius 3 is 2.68 bits per heavy atom. The van der Waals surface area contributed by atoms with Crippen LogP contribution in [0.2, 0.25) is 0 Å². The van der Waals surface area contributed by atoms with E-state index in [2.05, 4.69) is 5.32 Å². The summed E-state index contributed by atoms with van der Waals surface area (Å²) in [6, 6.07) is 3.59. The van der Waals surface area contributed by atoms with E-state index in [0.717, 1.165) is 12.1 Å². The molecular weight excluding hydrogens is 302 g/mol. The van der Waals surface area contributed by atoms with E-state index in [4.69, 9.17) is 4.74 Å². The first kappa shape index (κ1) is 16.6. The molecule has 7 heteroatoms. The molecule has 1 N–H and O–H groups in total. The van der Waals surface area contributed by atoms with Crippen molar-refractivity contribution in [2.24, 2.45) is 11.8 Å². The third-order valence-electron chi connectivity index (χ3n) is 3.93. The van der Waals surface area contributed by atoms with Crippen molar-refractivity contribution in [1.29, 1.82) is 0 Å². The van der Waals surface area contributed by atoms with Gasteiger partial charge < -0.3 is 10.1 Å². The summed E-state index contributed by atoms with van der Waals surface area (Å²) in [6.07, 6.45) is -3.64. The number of hydrogen-bond donors (Lipinski definition) is 1. The molecule has 122 valence electrons. The number of amides is 1. The topological polar surface area (TPSA) is 38.3 Å². The first-order valence-corrected chi connectivity index (χ1v) is 7.02. The Morgan fingerprint density at radius 2 is 2.05 bits per heavy atom. The van der Waals surface area contributed by atoms with Crippen LogP contribution in [0, 0.1) is 17.7 Å². The highest BCUT2D eigenvalue weighted by Gasteiger charge is 2.43. The molecule has 0 aromatic heterocycles. The summed E-state index contributed by atoms with van der Waals surface area (Å²) < 4.78 is 56.4. The van der Waals surface area contributed by atoms with Crippen LogP contribution in [-0.4, -0.2) is 19.2 Å². The minimum Gasteiger partial charge on any atom is -0.494 e. The third-order valence-corrected chi connectivity index (χ3v) is 3.93. The zero-order valence-corrected chi connectivity index (χ0v) is 12.0. The molecule has 1 aromatic carbocycles. The quantitative estimate of drug-likeness (QED) is 0.850. The monoisotopic (exact) mass is 319 g/mol. The average molecular weight is 319 g/mol. The van der Waals surface area contributed by atoms with Crippen LogP contribution in [0.4, 0.5) is 23.2 Å². The van der Waals surface area contributed by atoms with E-state index in [1.807, 2.05) is 0 Å². The minimum absolute atomic E-state index is 0.0626. The van der Waals surface area contributed by atoms with Gasteiger partial charge in [0.05, 0.1) is 18.7 Å². The van der Waals surface area contributed by atoms with Crippen molar-refractivity contribution in [3.63, 3.8) is 0 Å². The number of hydrogen-bond acceptors (Lipinski definition) is 2. The maximum absolute atomic E-state index is 13.1. The molecule has 1 aromatic rings. The lowest BCUT2D eigenvalue weighted by Gasteiger charge is -2.29. The number of anilines is 1. The van der Waals surface area contributed by atoms with Crippen molar-refractivity contribution in [3.8, 4) is 5.75 Å². The van der Waals surface area contributed by atoms with Crippen LogP contribution >= 0.6 is 0 Å². The lowest BCUT2D eigenvalue weighted by molar-refractivity contribution is -0.185. The molecule has 2 unspecified atom stereocenters. The normalized spacial score (nSPS) is 22.2. The molecule has 0 saturated heterocycles. The van der Waals surface area contributed by atoms with Crippen LogP contribution in [0.3, 0.4) is 0 Å². The Morgan fingerprint density at radius 1 is 1.32 bits per heavy atom. The molecule has 3 nitrogen and oxygen atoms in total. The second-order valence-corrected chi connectivity index (χ2v) is 5.44. The fraction of sp³-hybridized carbons (Fsp3) is 0.533. The molecule has 1 aliphatic carbocycles. The molecule has 22 heavy (non-hydrogen) atoms. The number of nitrogens with one attached hydrogen (secondary N) is 1. The van der Waals surface area contributed by atoms with E-state index in [0.29, 0.717) is 12.8 Å². The summed E-state index contributed by atoms with van der Waals surface area (Å²) in [7, 11) is 1.32. The van der Waals surface area contributed by atoms with Crippen LogP contribution < -0.4 is 10.1 Å². The van der Waals surface area contributed by atoms with E-state index in [9.17, 15) is 22.4 Å². The Balaban J connectivity index is 2.06. The zero-order valence-electron chi connectivity index (χ0n) is 12.0. The molecule has 0 radical (unpaired) electrons. The van der Waals surface area contributed by atoms with Crippen molar-refractivity contribution >= 4 is 11.6 Å². The number of rotatable bonds is 3. The van der Waals surface area contributed by atoms with Gasteiger partial charge >= 0.3 is 6.18 Å². The van der Waals surface area contributed by atoms with Crippen molar-refractivity contribution < 1.29 is 27.1 Å². The summed E-state index contributed by atoms with van der Waals surface area (Å²) in [4.78, 5) is 12.2. The van der Waals surface area contributed by atoms with Gasteiger partial charge in [-0.15, -0.1) is 0 Å². The summed E-state index contributed by atoms with van der Waals surface area (Å²) >= 11 is 0. The zero-order chi connectivity index (χ0) is 16.3. The highest BCUT2D eigenvalue weighted by atomic mass is 19.4. The number of methoxy groups -OCH3 is 1. The fourth-order valence-electron chi connectivity index (χ4n) is 2.73. The Hall–Kier alpha value is -1.79. The number of alkyl halides is 3. The smallest absolute Gasteiger partial charge is 0.391 e. The van der Waals surface area contributed by atoms with Crippen molar-refractivity contribution in [2.45, 2.75) is 31.9 Å². The van der Waals surface area contributed by atoms with Crippen molar-refractivity contribution in [3.05, 3.63) is 24.0 Å². The van der Waals surface area contributed by atoms with Gasteiger partial charge in [0.25, 0.3) is 0 Å². The number of carbonyl (C=O) groups excluding carboxylic acids is 1. The maximum Gasteiger partial charge on any atom is 0.391 e. The SMILES string of the molecule is COc1cc(F)ccc1NC(=O)C1CCCC(C(F)(F)F)C1. The van der Waals surface area contributed by atoms with Gasteiger partial charge in [-0.2, -0.15) is 13.2 Å². The Bertz CT molecular complexity index is 545. The van der Waals surface area contributed by atoms with Crippen LogP contribution in [0.1, 0.15) is 25.7 Å². The van der Waals surface area contributed by atoms with Gasteiger partial charge in [0.15, 0.2) is 0 Å². The first-order valence-electron chi connectivity index (χ1n) is 7.02. The average Bonchev–Trinajstić information content (AvgIpc) is 2.48. The van der Waals surface area contributed by atoms with Crippen molar-refractivity contribution in [2.75, 3.05) is 12.4 Å². The van der Waals surface area contributed by atoms with Crippen LogP contribution in [-0.2, 0) is 4.79 Å². The predicted octanol–water partition coefficient (Wildman–Crippen LogP) is 4.14. The Labute approximate surface area is 125 Å². The summed E-state index contributed by atoms with van der Waals surface area (Å²) in [5.74, 6) is -3.01. The van der Waals surface area contributed by atoms with Crippen molar-refractivity contribution in [1.82, 2.24) is 0 Å². The molecule has 1 saturated carbocycles. The number of benzene rings is 1. The second-order valence-electron chi connectivity index (χ2n) is 5.44. The van der Waals surface area contributed by atoms with Gasteiger partial charge in [-0.3, -0.25) is 4.79 Å². The van der Waals surface area contributed by atoms with Gasteiger partial charge in [-0.25, -0.2) is 4.39 Å². The molecule has 2 atom stereocenters. The molecule has 0 aliphatic heterocycles. The number of halogens is 4. The van der Waals surface area contributed by atoms with E-state index < -0.39 is 29.7 Å². The molecule has 1 aliphatic rings. The molecule has 1 fully saturated rings. The van der Waals surface area contributed by atoms with E-state index in [-0.39, 0.29) is 24.3 Å². The highest BCUT2D eigenvalue weighted by molar-refractivity contribution is 5.94. The molecular formula is C15H17F4NO2. The Kier molecular flexibility index (Phi) is 4.93. The summed E-state index contributed by atoms with van der Waals surface area (Å²) in [6.45, 7) is 0. The predicted molar refractivity (Wildman–Crippen MR) is 73.1 cm³/mol. The highest BCUT2D eigenvalue weighted by Crippen LogP contribution is 2.40. The fourth-order valence-corrected chi connectivity index (χ4v) is 2.73. The summed E-state index contributed by atoms with van der Waals surface area (Å²) in [5, 5.41) is 2.53. The molecule has 1 amide bonds.